The van der Waals surface area contributed by atoms with E-state index >= 15 is 0 Å². The molecule has 0 aromatic rings. The lowest BCUT2D eigenvalue weighted by Crippen LogP contribution is -2.52. The van der Waals surface area contributed by atoms with Crippen LogP contribution in [0.25, 0.3) is 0 Å². The van der Waals surface area contributed by atoms with Crippen LogP contribution >= 0.6 is 0 Å². The van der Waals surface area contributed by atoms with Gasteiger partial charge in [-0.15, -0.1) is 0 Å². The molecule has 0 bridgehead atoms. The van der Waals surface area contributed by atoms with E-state index < -0.39 is 6.03 Å². The molecule has 0 aromatic carbocycles. The number of hydrogen-bond donors (Lipinski definition) is 3. The summed E-state index contributed by atoms with van der Waals surface area (Å²) in [6, 6.07) is -0.471. The molecule has 7 nitrogen and oxygen atoms in total. The van der Waals surface area contributed by atoms with Crippen LogP contribution in [0.5, 0.6) is 0 Å². The number of ether oxygens (including phenoxy) is 1. The van der Waals surface area contributed by atoms with Gasteiger partial charge in [0.25, 0.3) is 0 Å². The van der Waals surface area contributed by atoms with Crippen LogP contribution in [0.1, 0.15) is 20.8 Å². The van der Waals surface area contributed by atoms with E-state index in [-0.39, 0.29) is 24.1 Å². The maximum Gasteiger partial charge on any atom is 0.321 e. The molecule has 1 fully saturated rings. The van der Waals surface area contributed by atoms with Gasteiger partial charge >= 0.3 is 6.03 Å². The van der Waals surface area contributed by atoms with Crippen molar-refractivity contribution in [3.8, 4) is 0 Å². The first-order valence-electron chi connectivity index (χ1n) is 6.46. The molecule has 0 aliphatic carbocycles. The Bertz CT molecular complexity index is 327. The molecule has 19 heavy (non-hydrogen) atoms. The molecule has 1 rings (SSSR count). The molecule has 4 N–H and O–H groups in total. The van der Waals surface area contributed by atoms with Gasteiger partial charge in [0.15, 0.2) is 0 Å². The van der Waals surface area contributed by atoms with Crippen LogP contribution in [0.15, 0.2) is 0 Å². The first-order valence-corrected chi connectivity index (χ1v) is 6.46. The van der Waals surface area contributed by atoms with Gasteiger partial charge in [-0.2, -0.15) is 0 Å². The molecule has 110 valence electrons. The highest BCUT2D eigenvalue weighted by molar-refractivity contribution is 5.95. The number of amides is 3. The standard InChI is InChI=1S/C12H24N4O3/c1-12(2,3)15-11(18)14-10(17)8-16-4-5-19-9(6-13)7-16/h9H,4-8,13H2,1-3H3,(H2,14,15,17,18). The normalized spacial score (nSPS) is 20.9. The van der Waals surface area contributed by atoms with E-state index in [0.717, 1.165) is 0 Å². The van der Waals surface area contributed by atoms with Gasteiger partial charge in [0.05, 0.1) is 19.3 Å². The number of urea groups is 1. The highest BCUT2D eigenvalue weighted by Crippen LogP contribution is 2.03. The third-order valence-electron chi connectivity index (χ3n) is 2.59. The van der Waals surface area contributed by atoms with Gasteiger partial charge in [-0.3, -0.25) is 15.0 Å². The van der Waals surface area contributed by atoms with Crippen molar-refractivity contribution in [1.29, 1.82) is 0 Å². The fourth-order valence-electron chi connectivity index (χ4n) is 1.81. The molecule has 0 aromatic heterocycles. The molecule has 0 saturated carbocycles. The Labute approximate surface area is 113 Å². The molecule has 3 amide bonds. The molecule has 1 unspecified atom stereocenters. The summed E-state index contributed by atoms with van der Waals surface area (Å²) in [6.07, 6.45) is -0.0371. The lowest BCUT2D eigenvalue weighted by molar-refractivity contribution is -0.123. The Morgan fingerprint density at radius 3 is 2.68 bits per heavy atom. The minimum absolute atomic E-state index is 0.0371. The summed E-state index contributed by atoms with van der Waals surface area (Å²) in [7, 11) is 0. The Balaban J connectivity index is 2.32. The van der Waals surface area contributed by atoms with E-state index in [1.807, 2.05) is 25.7 Å². The van der Waals surface area contributed by atoms with Crippen molar-refractivity contribution in [2.24, 2.45) is 5.73 Å². The van der Waals surface area contributed by atoms with Gasteiger partial charge in [0, 0.05) is 25.2 Å². The van der Waals surface area contributed by atoms with E-state index in [4.69, 9.17) is 10.5 Å². The van der Waals surface area contributed by atoms with Gasteiger partial charge < -0.3 is 15.8 Å². The lowest BCUT2D eigenvalue weighted by atomic mass is 10.1. The van der Waals surface area contributed by atoms with Gasteiger partial charge in [-0.05, 0) is 20.8 Å². The molecular formula is C12H24N4O3. The van der Waals surface area contributed by atoms with Crippen molar-refractivity contribution < 1.29 is 14.3 Å². The average Bonchev–Trinajstić information content (AvgIpc) is 2.26. The molecule has 0 radical (unpaired) electrons. The Hall–Kier alpha value is -1.18. The second-order valence-electron chi connectivity index (χ2n) is 5.72. The molecular weight excluding hydrogens is 248 g/mol. The third-order valence-corrected chi connectivity index (χ3v) is 2.59. The van der Waals surface area contributed by atoms with E-state index in [2.05, 4.69) is 10.6 Å². The maximum atomic E-state index is 11.7. The summed E-state index contributed by atoms with van der Waals surface area (Å²) >= 11 is 0. The lowest BCUT2D eigenvalue weighted by Gasteiger charge is -2.31. The highest BCUT2D eigenvalue weighted by atomic mass is 16.5. The predicted octanol–water partition coefficient (Wildman–Crippen LogP) is -0.730. The third kappa shape index (κ3) is 6.51. The number of imide groups is 1. The van der Waals surface area contributed by atoms with Crippen LogP contribution in [0.2, 0.25) is 0 Å². The van der Waals surface area contributed by atoms with Crippen molar-refractivity contribution in [2.45, 2.75) is 32.4 Å². The number of nitrogens with zero attached hydrogens (tertiary/aromatic N) is 1. The second kappa shape index (κ2) is 6.83. The largest absolute Gasteiger partial charge is 0.374 e. The zero-order valence-electron chi connectivity index (χ0n) is 11.9. The molecule has 1 heterocycles. The zero-order valence-corrected chi connectivity index (χ0v) is 11.9. The van der Waals surface area contributed by atoms with E-state index in [1.165, 1.54) is 0 Å². The predicted molar refractivity (Wildman–Crippen MR) is 71.7 cm³/mol. The van der Waals surface area contributed by atoms with E-state index in [9.17, 15) is 9.59 Å². The van der Waals surface area contributed by atoms with Crippen LogP contribution < -0.4 is 16.4 Å². The van der Waals surface area contributed by atoms with E-state index in [1.54, 1.807) is 0 Å². The van der Waals surface area contributed by atoms with Gasteiger partial charge in [0.1, 0.15) is 0 Å². The van der Waals surface area contributed by atoms with Crippen molar-refractivity contribution >= 4 is 11.9 Å². The molecule has 7 heteroatoms. The SMILES string of the molecule is CC(C)(C)NC(=O)NC(=O)CN1CCOC(CN)C1. The van der Waals surface area contributed by atoms with Crippen LogP contribution in [0.3, 0.4) is 0 Å². The number of morpholine rings is 1. The van der Waals surface area contributed by atoms with Crippen molar-refractivity contribution in [1.82, 2.24) is 15.5 Å². The van der Waals surface area contributed by atoms with E-state index in [0.29, 0.717) is 26.2 Å². The fraction of sp³-hybridized carbons (Fsp3) is 0.833. The first-order chi connectivity index (χ1) is 8.80. The molecule has 1 saturated heterocycles. The summed E-state index contributed by atoms with van der Waals surface area (Å²) in [4.78, 5) is 25.2. The number of carbonyl (C=O) groups excluding carboxylic acids is 2. The smallest absolute Gasteiger partial charge is 0.321 e. The number of nitrogens with one attached hydrogen (secondary N) is 2. The first kappa shape index (κ1) is 15.9. The van der Waals surface area contributed by atoms with Crippen molar-refractivity contribution in [3.63, 3.8) is 0 Å². The topological polar surface area (TPSA) is 96.7 Å². The summed E-state index contributed by atoms with van der Waals surface area (Å²) in [5, 5.41) is 4.99. The Kier molecular flexibility index (Phi) is 5.71. The molecule has 1 aliphatic heterocycles. The minimum atomic E-state index is -0.471. The van der Waals surface area contributed by atoms with Crippen LogP contribution in [-0.4, -0.2) is 61.3 Å². The van der Waals surface area contributed by atoms with Crippen molar-refractivity contribution in [2.75, 3.05) is 32.8 Å². The van der Waals surface area contributed by atoms with Gasteiger partial charge in [-0.25, -0.2) is 4.79 Å². The second-order valence-corrected chi connectivity index (χ2v) is 5.72. The summed E-state index contributed by atoms with van der Waals surface area (Å²) in [5.41, 5.74) is 5.16. The summed E-state index contributed by atoms with van der Waals surface area (Å²) < 4.78 is 5.41. The number of rotatable bonds is 3. The maximum absolute atomic E-state index is 11.7. The number of nitrogens with two attached hydrogens (primary N) is 1. The molecule has 0 spiro atoms. The highest BCUT2D eigenvalue weighted by Gasteiger charge is 2.22. The summed E-state index contributed by atoms with van der Waals surface area (Å²) in [6.45, 7) is 8.01. The van der Waals surface area contributed by atoms with Crippen LogP contribution in [-0.2, 0) is 9.53 Å². The average molecular weight is 272 g/mol. The van der Waals surface area contributed by atoms with Gasteiger partial charge in [-0.1, -0.05) is 0 Å². The fourth-order valence-corrected chi connectivity index (χ4v) is 1.81. The monoisotopic (exact) mass is 272 g/mol. The van der Waals surface area contributed by atoms with Gasteiger partial charge in [0.2, 0.25) is 5.91 Å². The molecule has 1 aliphatic rings. The number of carbonyl (C=O) groups is 2. The quantitative estimate of drug-likeness (QED) is 0.629. The summed E-state index contributed by atoms with van der Waals surface area (Å²) in [5.74, 6) is -0.320. The van der Waals surface area contributed by atoms with Crippen LogP contribution in [0, 0.1) is 0 Å². The van der Waals surface area contributed by atoms with Crippen molar-refractivity contribution in [3.05, 3.63) is 0 Å². The zero-order chi connectivity index (χ0) is 14.5. The minimum Gasteiger partial charge on any atom is -0.374 e. The molecule has 1 atom stereocenters. The Morgan fingerprint density at radius 2 is 2.11 bits per heavy atom. The number of hydrogen-bond acceptors (Lipinski definition) is 5. The Morgan fingerprint density at radius 1 is 1.42 bits per heavy atom. The van der Waals surface area contributed by atoms with Crippen LogP contribution in [0.4, 0.5) is 4.79 Å².